The number of ether oxygens (including phenoxy) is 1. The first-order valence-electron chi connectivity index (χ1n) is 5.63. The van der Waals surface area contributed by atoms with Crippen molar-refractivity contribution in [3.63, 3.8) is 0 Å². The van der Waals surface area contributed by atoms with Crippen molar-refractivity contribution in [2.24, 2.45) is 0 Å². The number of rotatable bonds is 4. The van der Waals surface area contributed by atoms with Gasteiger partial charge >= 0.3 is 0 Å². The van der Waals surface area contributed by atoms with E-state index in [0.717, 1.165) is 5.56 Å². The fourth-order valence-corrected chi connectivity index (χ4v) is 1.86. The lowest BCUT2D eigenvalue weighted by Gasteiger charge is -2.16. The van der Waals surface area contributed by atoms with Crippen molar-refractivity contribution in [1.29, 1.82) is 0 Å². The summed E-state index contributed by atoms with van der Waals surface area (Å²) >= 11 is 3.13. The smallest absolute Gasteiger partial charge is 0.265 e. The van der Waals surface area contributed by atoms with E-state index in [4.69, 9.17) is 4.74 Å². The standard InChI is InChI=1S/C13H13BrN2O2/c1-2-18-11(9-6-4-3-5-7-9)12-15-8-10(14)13(17)16-12/h3-8,11H,2H2,1H3,(H,15,16,17). The minimum absolute atomic E-state index is 0.208. The normalized spacial score (nSPS) is 12.3. The van der Waals surface area contributed by atoms with E-state index in [0.29, 0.717) is 16.9 Å². The molecule has 18 heavy (non-hydrogen) atoms. The predicted molar refractivity (Wildman–Crippen MR) is 72.5 cm³/mol. The van der Waals surface area contributed by atoms with Gasteiger partial charge in [-0.1, -0.05) is 30.3 Å². The van der Waals surface area contributed by atoms with Crippen LogP contribution in [0.1, 0.15) is 24.4 Å². The summed E-state index contributed by atoms with van der Waals surface area (Å²) in [6, 6.07) is 9.69. The van der Waals surface area contributed by atoms with Crippen LogP contribution in [-0.2, 0) is 4.74 Å². The van der Waals surface area contributed by atoms with E-state index in [-0.39, 0.29) is 11.7 Å². The van der Waals surface area contributed by atoms with E-state index in [1.54, 1.807) is 0 Å². The average Bonchev–Trinajstić information content (AvgIpc) is 2.40. The molecule has 1 N–H and O–H groups in total. The van der Waals surface area contributed by atoms with Crippen molar-refractivity contribution < 1.29 is 4.74 Å². The van der Waals surface area contributed by atoms with Gasteiger partial charge in [0, 0.05) is 12.8 Å². The van der Waals surface area contributed by atoms with Crippen molar-refractivity contribution in [3.8, 4) is 0 Å². The highest BCUT2D eigenvalue weighted by Crippen LogP contribution is 2.22. The number of aromatic nitrogens is 2. The van der Waals surface area contributed by atoms with E-state index < -0.39 is 0 Å². The summed E-state index contributed by atoms with van der Waals surface area (Å²) in [6.07, 6.45) is 1.14. The Kier molecular flexibility index (Phi) is 4.28. The Morgan fingerprint density at radius 3 is 2.72 bits per heavy atom. The number of hydrogen-bond donors (Lipinski definition) is 1. The molecule has 0 amide bonds. The topological polar surface area (TPSA) is 55.0 Å². The quantitative estimate of drug-likeness (QED) is 0.944. The summed E-state index contributed by atoms with van der Waals surface area (Å²) < 4.78 is 6.07. The zero-order chi connectivity index (χ0) is 13.0. The highest BCUT2D eigenvalue weighted by molar-refractivity contribution is 9.10. The molecule has 1 aromatic carbocycles. The molecule has 0 radical (unpaired) electrons. The lowest BCUT2D eigenvalue weighted by atomic mass is 10.1. The van der Waals surface area contributed by atoms with E-state index in [1.807, 2.05) is 37.3 Å². The molecule has 94 valence electrons. The van der Waals surface area contributed by atoms with Crippen molar-refractivity contribution in [2.45, 2.75) is 13.0 Å². The van der Waals surface area contributed by atoms with Crippen molar-refractivity contribution in [1.82, 2.24) is 9.97 Å². The second-order valence-electron chi connectivity index (χ2n) is 3.69. The summed E-state index contributed by atoms with van der Waals surface area (Å²) in [5, 5.41) is 0. The van der Waals surface area contributed by atoms with Crippen LogP contribution in [-0.4, -0.2) is 16.6 Å². The zero-order valence-corrected chi connectivity index (χ0v) is 11.5. The highest BCUT2D eigenvalue weighted by Gasteiger charge is 2.16. The zero-order valence-electron chi connectivity index (χ0n) is 9.89. The van der Waals surface area contributed by atoms with Gasteiger partial charge in [0.15, 0.2) is 0 Å². The number of hydrogen-bond acceptors (Lipinski definition) is 3. The molecule has 1 aromatic heterocycles. The molecule has 2 rings (SSSR count). The first-order valence-corrected chi connectivity index (χ1v) is 6.43. The van der Waals surface area contributed by atoms with Gasteiger partial charge in [0.1, 0.15) is 16.4 Å². The van der Waals surface area contributed by atoms with E-state index in [2.05, 4.69) is 25.9 Å². The van der Waals surface area contributed by atoms with Crippen LogP contribution in [0.15, 0.2) is 45.8 Å². The summed E-state index contributed by atoms with van der Waals surface area (Å²) in [7, 11) is 0. The maximum atomic E-state index is 11.6. The van der Waals surface area contributed by atoms with Gasteiger partial charge in [-0.25, -0.2) is 4.98 Å². The minimum Gasteiger partial charge on any atom is -0.366 e. The minimum atomic E-state index is -0.350. The van der Waals surface area contributed by atoms with Gasteiger partial charge in [0.05, 0.1) is 0 Å². The van der Waals surface area contributed by atoms with E-state index in [9.17, 15) is 4.79 Å². The fourth-order valence-electron chi connectivity index (χ4n) is 1.65. The van der Waals surface area contributed by atoms with Crippen LogP contribution < -0.4 is 5.56 Å². The molecule has 0 aliphatic carbocycles. The van der Waals surface area contributed by atoms with Gasteiger partial charge in [-0.05, 0) is 28.4 Å². The molecular formula is C13H13BrN2O2. The van der Waals surface area contributed by atoms with Crippen LogP contribution in [0.2, 0.25) is 0 Å². The van der Waals surface area contributed by atoms with Gasteiger partial charge in [0.25, 0.3) is 5.56 Å². The van der Waals surface area contributed by atoms with Gasteiger partial charge < -0.3 is 9.72 Å². The second-order valence-corrected chi connectivity index (χ2v) is 4.55. The number of H-pyrrole nitrogens is 1. The fraction of sp³-hybridized carbons (Fsp3) is 0.231. The lowest BCUT2D eigenvalue weighted by molar-refractivity contribution is 0.0849. The van der Waals surface area contributed by atoms with Crippen LogP contribution in [0.3, 0.4) is 0 Å². The lowest BCUT2D eigenvalue weighted by Crippen LogP contribution is -2.17. The molecule has 5 heteroatoms. The van der Waals surface area contributed by atoms with Gasteiger partial charge in [-0.2, -0.15) is 0 Å². The Balaban J connectivity index is 2.41. The Bertz CT molecular complexity index is 569. The monoisotopic (exact) mass is 308 g/mol. The van der Waals surface area contributed by atoms with Crippen molar-refractivity contribution in [3.05, 3.63) is 62.7 Å². The molecule has 0 spiro atoms. The van der Waals surface area contributed by atoms with Gasteiger partial charge in [-0.3, -0.25) is 4.79 Å². The van der Waals surface area contributed by atoms with Crippen LogP contribution in [0.4, 0.5) is 0 Å². The summed E-state index contributed by atoms with van der Waals surface area (Å²) in [5.41, 5.74) is 0.755. The number of halogens is 1. The third kappa shape index (κ3) is 2.86. The van der Waals surface area contributed by atoms with Gasteiger partial charge in [0.2, 0.25) is 0 Å². The third-order valence-electron chi connectivity index (χ3n) is 2.46. The van der Waals surface area contributed by atoms with Crippen LogP contribution in [0, 0.1) is 0 Å². The van der Waals surface area contributed by atoms with E-state index >= 15 is 0 Å². The summed E-state index contributed by atoms with van der Waals surface area (Å²) in [4.78, 5) is 18.5. The molecule has 2 aromatic rings. The summed E-state index contributed by atoms with van der Waals surface area (Å²) in [5.74, 6) is 0.510. The van der Waals surface area contributed by atoms with Gasteiger partial charge in [-0.15, -0.1) is 0 Å². The molecule has 0 saturated heterocycles. The number of benzene rings is 1. The third-order valence-corrected chi connectivity index (χ3v) is 3.02. The summed E-state index contributed by atoms with van der Waals surface area (Å²) in [6.45, 7) is 2.45. The molecule has 1 heterocycles. The molecular weight excluding hydrogens is 296 g/mol. The number of aromatic amines is 1. The first-order chi connectivity index (χ1) is 8.72. The Morgan fingerprint density at radius 2 is 2.11 bits per heavy atom. The Labute approximate surface area is 113 Å². The SMILES string of the molecule is CCOC(c1ccccc1)c1ncc(Br)c(=O)[nH]1. The molecule has 0 aliphatic heterocycles. The van der Waals surface area contributed by atoms with Crippen LogP contribution in [0.25, 0.3) is 0 Å². The largest absolute Gasteiger partial charge is 0.366 e. The average molecular weight is 309 g/mol. The second kappa shape index (κ2) is 5.93. The molecule has 0 saturated carbocycles. The molecule has 0 fully saturated rings. The van der Waals surface area contributed by atoms with Crippen LogP contribution in [0.5, 0.6) is 0 Å². The maximum Gasteiger partial charge on any atom is 0.265 e. The molecule has 1 unspecified atom stereocenters. The molecule has 0 bridgehead atoms. The Hall–Kier alpha value is -1.46. The predicted octanol–water partition coefficient (Wildman–Crippen LogP) is 2.66. The molecule has 1 atom stereocenters. The maximum absolute atomic E-state index is 11.6. The van der Waals surface area contributed by atoms with Crippen molar-refractivity contribution >= 4 is 15.9 Å². The highest BCUT2D eigenvalue weighted by atomic mass is 79.9. The molecule has 4 nitrogen and oxygen atoms in total. The number of nitrogens with one attached hydrogen (secondary N) is 1. The van der Waals surface area contributed by atoms with E-state index in [1.165, 1.54) is 6.20 Å². The van der Waals surface area contributed by atoms with Crippen LogP contribution >= 0.6 is 15.9 Å². The Morgan fingerprint density at radius 1 is 1.39 bits per heavy atom. The van der Waals surface area contributed by atoms with Crippen molar-refractivity contribution in [2.75, 3.05) is 6.61 Å². The first kappa shape index (κ1) is 13.0. The number of nitrogens with zero attached hydrogens (tertiary/aromatic N) is 1. The molecule has 0 aliphatic rings.